The topological polar surface area (TPSA) is 62.9 Å². The molecule has 0 fully saturated rings. The summed E-state index contributed by atoms with van der Waals surface area (Å²) >= 11 is 0. The van der Waals surface area contributed by atoms with Gasteiger partial charge in [0.1, 0.15) is 11.8 Å². The van der Waals surface area contributed by atoms with Crippen molar-refractivity contribution in [1.29, 1.82) is 5.26 Å². The first-order chi connectivity index (χ1) is 9.17. The lowest BCUT2D eigenvalue weighted by Crippen LogP contribution is -1.96. The average Bonchev–Trinajstić information content (AvgIpc) is 2.78. The number of aromatic nitrogens is 2. The third-order valence-corrected chi connectivity index (χ3v) is 2.86. The van der Waals surface area contributed by atoms with E-state index in [4.69, 9.17) is 10.00 Å². The molecule has 0 atom stereocenters. The van der Waals surface area contributed by atoms with Crippen LogP contribution < -0.4 is 10.1 Å². The highest BCUT2D eigenvalue weighted by atomic mass is 16.5. The first kappa shape index (κ1) is 13.0. The van der Waals surface area contributed by atoms with Crippen LogP contribution in [0.1, 0.15) is 18.2 Å². The highest BCUT2D eigenvalue weighted by Crippen LogP contribution is 2.27. The molecule has 0 bridgehead atoms. The van der Waals surface area contributed by atoms with E-state index in [-0.39, 0.29) is 0 Å². The molecule has 0 spiro atoms. The zero-order valence-electron chi connectivity index (χ0n) is 11.3. The van der Waals surface area contributed by atoms with Crippen molar-refractivity contribution in [3.63, 3.8) is 0 Å². The maximum absolute atomic E-state index is 9.14. The molecule has 1 aromatic carbocycles. The fourth-order valence-electron chi connectivity index (χ4n) is 1.90. The standard InChI is InChI=1S/C14H16N4O/c1-4-12-14(9-18(2)17-12)16-13-7-11(19-3)6-5-10(13)8-15/h5-7,9,16H,4H2,1-3H3. The summed E-state index contributed by atoms with van der Waals surface area (Å²) < 4.78 is 6.94. The van der Waals surface area contributed by atoms with Crippen LogP contribution in [0.3, 0.4) is 0 Å². The number of methoxy groups -OCH3 is 1. The van der Waals surface area contributed by atoms with Crippen molar-refractivity contribution in [2.45, 2.75) is 13.3 Å². The number of benzene rings is 1. The number of nitrogens with zero attached hydrogens (tertiary/aromatic N) is 3. The molecule has 0 saturated carbocycles. The van der Waals surface area contributed by atoms with Crippen LogP contribution in [0, 0.1) is 11.3 Å². The number of ether oxygens (including phenoxy) is 1. The van der Waals surface area contributed by atoms with Gasteiger partial charge in [-0.25, -0.2) is 0 Å². The Morgan fingerprint density at radius 3 is 2.84 bits per heavy atom. The normalized spacial score (nSPS) is 10.0. The highest BCUT2D eigenvalue weighted by molar-refractivity contribution is 5.69. The second-order valence-electron chi connectivity index (χ2n) is 4.17. The molecule has 19 heavy (non-hydrogen) atoms. The third kappa shape index (κ3) is 2.68. The third-order valence-electron chi connectivity index (χ3n) is 2.86. The lowest BCUT2D eigenvalue weighted by Gasteiger charge is -2.09. The van der Waals surface area contributed by atoms with Gasteiger partial charge in [0, 0.05) is 19.3 Å². The Labute approximate surface area is 112 Å². The fraction of sp³-hybridized carbons (Fsp3) is 0.286. The molecule has 5 heteroatoms. The molecular formula is C14H16N4O. The quantitative estimate of drug-likeness (QED) is 0.913. The largest absolute Gasteiger partial charge is 0.497 e. The van der Waals surface area contributed by atoms with E-state index >= 15 is 0 Å². The van der Waals surface area contributed by atoms with E-state index in [9.17, 15) is 0 Å². The molecule has 1 aromatic heterocycles. The van der Waals surface area contributed by atoms with E-state index < -0.39 is 0 Å². The van der Waals surface area contributed by atoms with Crippen LogP contribution in [0.2, 0.25) is 0 Å². The SMILES string of the molecule is CCc1nn(C)cc1Nc1cc(OC)ccc1C#N. The average molecular weight is 256 g/mol. The predicted molar refractivity (Wildman–Crippen MR) is 73.6 cm³/mol. The predicted octanol–water partition coefficient (Wildman–Crippen LogP) is 2.61. The Morgan fingerprint density at radius 2 is 2.21 bits per heavy atom. The number of anilines is 2. The number of hydrogen-bond acceptors (Lipinski definition) is 4. The summed E-state index contributed by atoms with van der Waals surface area (Å²) in [4.78, 5) is 0. The van der Waals surface area contributed by atoms with Gasteiger partial charge in [0.2, 0.25) is 0 Å². The van der Waals surface area contributed by atoms with Gasteiger partial charge < -0.3 is 10.1 Å². The summed E-state index contributed by atoms with van der Waals surface area (Å²) in [6.45, 7) is 2.05. The summed E-state index contributed by atoms with van der Waals surface area (Å²) in [6.07, 6.45) is 2.73. The minimum atomic E-state index is 0.576. The van der Waals surface area contributed by atoms with Crippen molar-refractivity contribution in [2.75, 3.05) is 12.4 Å². The zero-order valence-corrected chi connectivity index (χ0v) is 11.3. The molecule has 0 aliphatic rings. The van der Waals surface area contributed by atoms with E-state index in [1.54, 1.807) is 23.9 Å². The van der Waals surface area contributed by atoms with Crippen LogP contribution in [0.4, 0.5) is 11.4 Å². The van der Waals surface area contributed by atoms with Crippen LogP contribution in [0.5, 0.6) is 5.75 Å². The second-order valence-corrected chi connectivity index (χ2v) is 4.17. The first-order valence-electron chi connectivity index (χ1n) is 6.05. The van der Waals surface area contributed by atoms with Crippen molar-refractivity contribution < 1.29 is 4.74 Å². The number of rotatable bonds is 4. The van der Waals surface area contributed by atoms with Gasteiger partial charge in [-0.3, -0.25) is 4.68 Å². The molecule has 0 unspecified atom stereocenters. The van der Waals surface area contributed by atoms with E-state index in [1.807, 2.05) is 26.2 Å². The second kappa shape index (κ2) is 5.44. The number of aryl methyl sites for hydroxylation is 2. The molecular weight excluding hydrogens is 240 g/mol. The Kier molecular flexibility index (Phi) is 3.71. The van der Waals surface area contributed by atoms with Crippen molar-refractivity contribution in [3.8, 4) is 11.8 Å². The van der Waals surface area contributed by atoms with E-state index in [2.05, 4.69) is 16.5 Å². The molecule has 0 aliphatic heterocycles. The Balaban J connectivity index is 2.39. The van der Waals surface area contributed by atoms with Crippen molar-refractivity contribution in [3.05, 3.63) is 35.7 Å². The molecule has 2 aromatic rings. The Bertz CT molecular complexity index is 625. The molecule has 98 valence electrons. The van der Waals surface area contributed by atoms with Crippen LogP contribution in [-0.4, -0.2) is 16.9 Å². The lowest BCUT2D eigenvalue weighted by atomic mass is 10.1. The number of hydrogen-bond donors (Lipinski definition) is 1. The van der Waals surface area contributed by atoms with Crippen molar-refractivity contribution in [1.82, 2.24) is 9.78 Å². The Hall–Kier alpha value is -2.48. The smallest absolute Gasteiger partial charge is 0.121 e. The van der Waals surface area contributed by atoms with Gasteiger partial charge in [-0.2, -0.15) is 10.4 Å². The monoisotopic (exact) mass is 256 g/mol. The summed E-state index contributed by atoms with van der Waals surface area (Å²) in [5.41, 5.74) is 3.18. The minimum Gasteiger partial charge on any atom is -0.497 e. The van der Waals surface area contributed by atoms with E-state index in [1.165, 1.54) is 0 Å². The van der Waals surface area contributed by atoms with Gasteiger partial charge in [-0.15, -0.1) is 0 Å². The van der Waals surface area contributed by atoms with Gasteiger partial charge >= 0.3 is 0 Å². The first-order valence-corrected chi connectivity index (χ1v) is 6.05. The van der Waals surface area contributed by atoms with Crippen LogP contribution in [0.15, 0.2) is 24.4 Å². The van der Waals surface area contributed by atoms with Gasteiger partial charge in [0.05, 0.1) is 29.7 Å². The van der Waals surface area contributed by atoms with E-state index in [0.29, 0.717) is 11.3 Å². The summed E-state index contributed by atoms with van der Waals surface area (Å²) in [7, 11) is 3.48. The van der Waals surface area contributed by atoms with Crippen molar-refractivity contribution >= 4 is 11.4 Å². The summed E-state index contributed by atoms with van der Waals surface area (Å²) in [5.74, 6) is 0.712. The van der Waals surface area contributed by atoms with Crippen LogP contribution in [0.25, 0.3) is 0 Å². The summed E-state index contributed by atoms with van der Waals surface area (Å²) in [5, 5.41) is 16.8. The molecule has 0 saturated heterocycles. The van der Waals surface area contributed by atoms with Crippen LogP contribution >= 0.6 is 0 Å². The maximum atomic E-state index is 9.14. The zero-order chi connectivity index (χ0) is 13.8. The molecule has 0 aliphatic carbocycles. The van der Waals surface area contributed by atoms with Crippen molar-refractivity contribution in [2.24, 2.45) is 7.05 Å². The van der Waals surface area contributed by atoms with Gasteiger partial charge in [0.15, 0.2) is 0 Å². The summed E-state index contributed by atoms with van der Waals surface area (Å²) in [6, 6.07) is 7.49. The van der Waals surface area contributed by atoms with Gasteiger partial charge in [-0.1, -0.05) is 6.92 Å². The number of nitrogens with one attached hydrogen (secondary N) is 1. The molecule has 0 amide bonds. The maximum Gasteiger partial charge on any atom is 0.121 e. The van der Waals surface area contributed by atoms with Gasteiger partial charge in [-0.05, 0) is 18.6 Å². The highest BCUT2D eigenvalue weighted by Gasteiger charge is 2.09. The molecule has 1 heterocycles. The molecule has 5 nitrogen and oxygen atoms in total. The fourth-order valence-corrected chi connectivity index (χ4v) is 1.90. The molecule has 2 rings (SSSR count). The van der Waals surface area contributed by atoms with Crippen LogP contribution in [-0.2, 0) is 13.5 Å². The minimum absolute atomic E-state index is 0.576. The molecule has 0 radical (unpaired) electrons. The molecule has 1 N–H and O–H groups in total. The van der Waals surface area contributed by atoms with Gasteiger partial charge in [0.25, 0.3) is 0 Å². The van der Waals surface area contributed by atoms with E-state index in [0.717, 1.165) is 23.5 Å². The number of nitriles is 1. The lowest BCUT2D eigenvalue weighted by molar-refractivity contribution is 0.415. The Morgan fingerprint density at radius 1 is 1.42 bits per heavy atom.